The predicted molar refractivity (Wildman–Crippen MR) is 112 cm³/mol. The van der Waals surface area contributed by atoms with Gasteiger partial charge in [-0.1, -0.05) is 6.07 Å². The molecule has 1 fully saturated rings. The van der Waals surface area contributed by atoms with Crippen LogP contribution in [-0.4, -0.2) is 42.2 Å². The zero-order valence-electron chi connectivity index (χ0n) is 15.7. The number of carbonyl (C=O) groups excluding carboxylic acids is 1. The first kappa shape index (κ1) is 17.9. The zero-order chi connectivity index (χ0) is 19.6. The van der Waals surface area contributed by atoms with E-state index in [0.717, 1.165) is 28.0 Å². The minimum atomic E-state index is 0.127. The van der Waals surface area contributed by atoms with Gasteiger partial charge in [-0.3, -0.25) is 9.78 Å². The predicted octanol–water partition coefficient (Wildman–Crippen LogP) is 3.44. The average molecular weight is 408 g/mol. The highest BCUT2D eigenvalue weighted by molar-refractivity contribution is 7.14. The number of rotatable bonds is 5. The van der Waals surface area contributed by atoms with E-state index < -0.39 is 0 Å². The number of aromatic nitrogens is 2. The molecule has 0 spiro atoms. The fourth-order valence-corrected chi connectivity index (χ4v) is 4.30. The molecular formula is C21H20N4O3S. The summed E-state index contributed by atoms with van der Waals surface area (Å²) >= 11 is 1.55. The van der Waals surface area contributed by atoms with E-state index in [9.17, 15) is 4.79 Å². The van der Waals surface area contributed by atoms with Crippen molar-refractivity contribution in [3.8, 4) is 22.9 Å². The molecule has 1 aromatic carbocycles. The molecule has 1 saturated heterocycles. The summed E-state index contributed by atoms with van der Waals surface area (Å²) in [4.78, 5) is 23.3. The van der Waals surface area contributed by atoms with Gasteiger partial charge in [-0.2, -0.15) is 0 Å². The lowest BCUT2D eigenvalue weighted by atomic mass is 10.1. The lowest BCUT2D eigenvalue weighted by molar-refractivity contribution is -0.117. The fourth-order valence-electron chi connectivity index (χ4n) is 3.59. The molecule has 0 saturated carbocycles. The summed E-state index contributed by atoms with van der Waals surface area (Å²) in [5.41, 5.74) is 2.57. The van der Waals surface area contributed by atoms with Gasteiger partial charge in [0.15, 0.2) is 16.6 Å². The minimum absolute atomic E-state index is 0.127. The SMILES string of the molecule is O=C1CC(CNc2nc(-c3ccccn3)cs2)CN1c1ccc2c(c1)OCCO2. The number of nitrogens with zero attached hydrogens (tertiary/aromatic N) is 3. The molecule has 4 heterocycles. The highest BCUT2D eigenvalue weighted by atomic mass is 32.1. The Bertz CT molecular complexity index is 1020. The number of thiazole rings is 1. The number of fused-ring (bicyclic) bond motifs is 1. The number of ether oxygens (including phenoxy) is 2. The Morgan fingerprint density at radius 1 is 1.14 bits per heavy atom. The van der Waals surface area contributed by atoms with Crippen LogP contribution in [0, 0.1) is 5.92 Å². The lowest BCUT2D eigenvalue weighted by Crippen LogP contribution is -2.26. The van der Waals surface area contributed by atoms with E-state index in [1.807, 2.05) is 46.7 Å². The van der Waals surface area contributed by atoms with Crippen molar-refractivity contribution < 1.29 is 14.3 Å². The lowest BCUT2D eigenvalue weighted by Gasteiger charge is -2.22. The Morgan fingerprint density at radius 3 is 2.90 bits per heavy atom. The number of carbonyl (C=O) groups is 1. The average Bonchev–Trinajstić information content (AvgIpc) is 3.39. The summed E-state index contributed by atoms with van der Waals surface area (Å²) in [7, 11) is 0. The molecule has 1 amide bonds. The molecule has 7 nitrogen and oxygen atoms in total. The second-order valence-electron chi connectivity index (χ2n) is 7.04. The van der Waals surface area contributed by atoms with Crippen molar-refractivity contribution in [1.29, 1.82) is 0 Å². The molecular weight excluding hydrogens is 388 g/mol. The molecule has 1 atom stereocenters. The molecule has 8 heteroatoms. The van der Waals surface area contributed by atoms with Crippen LogP contribution >= 0.6 is 11.3 Å². The van der Waals surface area contributed by atoms with E-state index in [1.54, 1.807) is 17.5 Å². The smallest absolute Gasteiger partial charge is 0.227 e. The second kappa shape index (κ2) is 7.71. The number of amides is 1. The molecule has 2 aromatic heterocycles. The van der Waals surface area contributed by atoms with Gasteiger partial charge in [0.05, 0.1) is 5.69 Å². The summed E-state index contributed by atoms with van der Waals surface area (Å²) in [6.07, 6.45) is 2.28. The standard InChI is InChI=1S/C21H20N4O3S/c26-20-9-14(11-23-21-24-17(13-29-21)16-3-1-2-6-22-16)12-25(20)15-4-5-18-19(10-15)28-8-7-27-18/h1-6,10,13-14H,7-9,11-12H2,(H,23,24). The maximum Gasteiger partial charge on any atom is 0.227 e. The Hall–Kier alpha value is -3.13. The van der Waals surface area contributed by atoms with Crippen LogP contribution in [0.4, 0.5) is 10.8 Å². The van der Waals surface area contributed by atoms with Gasteiger partial charge in [0, 0.05) is 48.8 Å². The molecule has 3 aromatic rings. The van der Waals surface area contributed by atoms with Gasteiger partial charge < -0.3 is 19.7 Å². The molecule has 2 aliphatic rings. The molecule has 1 N–H and O–H groups in total. The number of benzene rings is 1. The third-order valence-electron chi connectivity index (χ3n) is 5.02. The maximum atomic E-state index is 12.6. The number of hydrogen-bond acceptors (Lipinski definition) is 7. The van der Waals surface area contributed by atoms with Crippen molar-refractivity contribution in [2.45, 2.75) is 6.42 Å². The van der Waals surface area contributed by atoms with Gasteiger partial charge in [0.25, 0.3) is 0 Å². The Balaban J connectivity index is 1.22. The van der Waals surface area contributed by atoms with E-state index in [2.05, 4.69) is 15.3 Å². The van der Waals surface area contributed by atoms with E-state index >= 15 is 0 Å². The topological polar surface area (TPSA) is 76.6 Å². The normalized spacial score (nSPS) is 18.1. The number of hydrogen-bond donors (Lipinski definition) is 1. The van der Waals surface area contributed by atoms with Gasteiger partial charge in [-0.25, -0.2) is 4.98 Å². The van der Waals surface area contributed by atoms with Crippen molar-refractivity contribution in [2.24, 2.45) is 5.92 Å². The quantitative estimate of drug-likeness (QED) is 0.697. The number of anilines is 2. The van der Waals surface area contributed by atoms with Crippen molar-refractivity contribution in [2.75, 3.05) is 36.5 Å². The summed E-state index contributed by atoms with van der Waals surface area (Å²) in [5, 5.41) is 6.21. The summed E-state index contributed by atoms with van der Waals surface area (Å²) < 4.78 is 11.2. The van der Waals surface area contributed by atoms with Crippen molar-refractivity contribution >= 4 is 28.1 Å². The maximum absolute atomic E-state index is 12.6. The molecule has 0 radical (unpaired) electrons. The summed E-state index contributed by atoms with van der Waals surface area (Å²) in [6.45, 7) is 2.46. The molecule has 148 valence electrons. The van der Waals surface area contributed by atoms with Crippen molar-refractivity contribution in [3.05, 3.63) is 48.0 Å². The van der Waals surface area contributed by atoms with Gasteiger partial charge in [-0.15, -0.1) is 11.3 Å². The van der Waals surface area contributed by atoms with Crippen LogP contribution in [0.5, 0.6) is 11.5 Å². The van der Waals surface area contributed by atoms with Gasteiger partial charge in [-0.05, 0) is 24.3 Å². The van der Waals surface area contributed by atoms with Gasteiger partial charge in [0.2, 0.25) is 5.91 Å². The van der Waals surface area contributed by atoms with Crippen LogP contribution in [0.3, 0.4) is 0 Å². The fraction of sp³-hybridized carbons (Fsp3) is 0.286. The van der Waals surface area contributed by atoms with Crippen LogP contribution in [-0.2, 0) is 4.79 Å². The van der Waals surface area contributed by atoms with E-state index in [1.165, 1.54) is 0 Å². The monoisotopic (exact) mass is 408 g/mol. The zero-order valence-corrected chi connectivity index (χ0v) is 16.5. The molecule has 0 aliphatic carbocycles. The van der Waals surface area contributed by atoms with Crippen LogP contribution < -0.4 is 19.7 Å². The summed E-state index contributed by atoms with van der Waals surface area (Å²) in [5.74, 6) is 1.78. The van der Waals surface area contributed by atoms with Gasteiger partial charge in [0.1, 0.15) is 18.9 Å². The largest absolute Gasteiger partial charge is 0.486 e. The second-order valence-corrected chi connectivity index (χ2v) is 7.89. The first-order valence-electron chi connectivity index (χ1n) is 9.57. The highest BCUT2D eigenvalue weighted by Crippen LogP contribution is 2.36. The Kier molecular flexibility index (Phi) is 4.77. The Labute approximate surface area is 172 Å². The number of nitrogens with one attached hydrogen (secondary N) is 1. The third kappa shape index (κ3) is 3.75. The first-order valence-corrected chi connectivity index (χ1v) is 10.4. The van der Waals surface area contributed by atoms with Crippen molar-refractivity contribution in [3.63, 3.8) is 0 Å². The molecule has 2 aliphatic heterocycles. The number of pyridine rings is 1. The van der Waals surface area contributed by atoms with E-state index in [-0.39, 0.29) is 11.8 Å². The minimum Gasteiger partial charge on any atom is -0.486 e. The molecule has 29 heavy (non-hydrogen) atoms. The Morgan fingerprint density at radius 2 is 2.03 bits per heavy atom. The van der Waals surface area contributed by atoms with Gasteiger partial charge >= 0.3 is 0 Å². The van der Waals surface area contributed by atoms with E-state index in [4.69, 9.17) is 9.47 Å². The van der Waals surface area contributed by atoms with E-state index in [0.29, 0.717) is 38.5 Å². The van der Waals surface area contributed by atoms with Crippen LogP contribution in [0.25, 0.3) is 11.4 Å². The van der Waals surface area contributed by atoms with Crippen LogP contribution in [0.15, 0.2) is 48.0 Å². The van der Waals surface area contributed by atoms with Crippen LogP contribution in [0.1, 0.15) is 6.42 Å². The third-order valence-corrected chi connectivity index (χ3v) is 5.82. The highest BCUT2D eigenvalue weighted by Gasteiger charge is 2.31. The summed E-state index contributed by atoms with van der Waals surface area (Å²) in [6, 6.07) is 11.5. The molecule has 1 unspecified atom stereocenters. The molecule has 5 rings (SSSR count). The van der Waals surface area contributed by atoms with Crippen LogP contribution in [0.2, 0.25) is 0 Å². The molecule has 0 bridgehead atoms. The van der Waals surface area contributed by atoms with Crippen molar-refractivity contribution in [1.82, 2.24) is 9.97 Å². The first-order chi connectivity index (χ1) is 14.3.